The van der Waals surface area contributed by atoms with Gasteiger partial charge in [-0.3, -0.25) is 9.97 Å². The van der Waals surface area contributed by atoms with Gasteiger partial charge < -0.3 is 5.32 Å². The zero-order valence-corrected chi connectivity index (χ0v) is 11.8. The van der Waals surface area contributed by atoms with Crippen LogP contribution in [0.3, 0.4) is 0 Å². The Balaban J connectivity index is 1.74. The second-order valence-corrected chi connectivity index (χ2v) is 5.81. The molecule has 1 N–H and O–H groups in total. The number of hydrogen-bond acceptors (Lipinski definition) is 3. The Labute approximate surface area is 115 Å². The SMILES string of the molecule is Brc1cnc2c(NCCC3CCC3)ccnc2c1. The minimum Gasteiger partial charge on any atom is -0.383 e. The summed E-state index contributed by atoms with van der Waals surface area (Å²) in [5.41, 5.74) is 2.97. The van der Waals surface area contributed by atoms with Crippen molar-refractivity contribution in [2.75, 3.05) is 11.9 Å². The minimum absolute atomic E-state index is 0.929. The van der Waals surface area contributed by atoms with Crippen LogP contribution >= 0.6 is 15.9 Å². The first-order chi connectivity index (χ1) is 8.83. The predicted octanol–water partition coefficient (Wildman–Crippen LogP) is 3.99. The van der Waals surface area contributed by atoms with Crippen LogP contribution in [0, 0.1) is 5.92 Å². The normalized spacial score (nSPS) is 15.6. The average Bonchev–Trinajstić information content (AvgIpc) is 2.32. The molecule has 0 bridgehead atoms. The fraction of sp³-hybridized carbons (Fsp3) is 0.429. The molecule has 2 heterocycles. The topological polar surface area (TPSA) is 37.8 Å². The van der Waals surface area contributed by atoms with E-state index in [4.69, 9.17) is 0 Å². The van der Waals surface area contributed by atoms with Gasteiger partial charge in [-0.25, -0.2) is 0 Å². The van der Waals surface area contributed by atoms with Crippen LogP contribution in [0.25, 0.3) is 11.0 Å². The van der Waals surface area contributed by atoms with Gasteiger partial charge in [-0.1, -0.05) is 19.3 Å². The van der Waals surface area contributed by atoms with Crippen LogP contribution in [-0.2, 0) is 0 Å². The molecule has 2 aromatic rings. The van der Waals surface area contributed by atoms with E-state index in [1.807, 2.05) is 24.5 Å². The van der Waals surface area contributed by atoms with Crippen LogP contribution in [0.5, 0.6) is 0 Å². The van der Waals surface area contributed by atoms with E-state index in [9.17, 15) is 0 Å². The highest BCUT2D eigenvalue weighted by molar-refractivity contribution is 9.10. The molecule has 1 aliphatic carbocycles. The standard InChI is InChI=1S/C14H16BrN3/c15-11-8-13-14(18-9-11)12(5-7-17-13)16-6-4-10-2-1-3-10/h5,7-10H,1-4,6H2,(H,16,17). The van der Waals surface area contributed by atoms with Gasteiger partial charge in [-0.2, -0.15) is 0 Å². The van der Waals surface area contributed by atoms with Gasteiger partial charge in [0, 0.05) is 23.4 Å². The molecule has 1 fully saturated rings. The molecule has 18 heavy (non-hydrogen) atoms. The molecule has 94 valence electrons. The zero-order valence-electron chi connectivity index (χ0n) is 10.2. The van der Waals surface area contributed by atoms with Gasteiger partial charge in [-0.15, -0.1) is 0 Å². The summed E-state index contributed by atoms with van der Waals surface area (Å²) in [5, 5.41) is 3.49. The van der Waals surface area contributed by atoms with Crippen molar-refractivity contribution in [2.24, 2.45) is 5.92 Å². The Morgan fingerprint density at radius 3 is 3.00 bits per heavy atom. The summed E-state index contributed by atoms with van der Waals surface area (Å²) in [6.07, 6.45) is 9.15. The van der Waals surface area contributed by atoms with E-state index in [1.54, 1.807) is 0 Å². The molecule has 3 nitrogen and oxygen atoms in total. The van der Waals surface area contributed by atoms with E-state index < -0.39 is 0 Å². The van der Waals surface area contributed by atoms with Gasteiger partial charge in [0.05, 0.1) is 11.2 Å². The molecule has 1 aliphatic rings. The van der Waals surface area contributed by atoms with Crippen molar-refractivity contribution in [3.8, 4) is 0 Å². The maximum atomic E-state index is 4.44. The average molecular weight is 306 g/mol. The smallest absolute Gasteiger partial charge is 0.112 e. The van der Waals surface area contributed by atoms with Gasteiger partial charge in [0.15, 0.2) is 0 Å². The third kappa shape index (κ3) is 2.48. The van der Waals surface area contributed by atoms with Crippen LogP contribution in [-0.4, -0.2) is 16.5 Å². The van der Waals surface area contributed by atoms with Crippen molar-refractivity contribution < 1.29 is 0 Å². The van der Waals surface area contributed by atoms with Crippen LogP contribution in [0.4, 0.5) is 5.69 Å². The van der Waals surface area contributed by atoms with Crippen molar-refractivity contribution in [3.63, 3.8) is 0 Å². The molecule has 0 aromatic carbocycles. The minimum atomic E-state index is 0.929. The molecular formula is C14H16BrN3. The lowest BCUT2D eigenvalue weighted by Crippen LogP contribution is -2.15. The number of fused-ring (bicyclic) bond motifs is 1. The van der Waals surface area contributed by atoms with Crippen molar-refractivity contribution in [1.82, 2.24) is 9.97 Å². The number of aromatic nitrogens is 2. The van der Waals surface area contributed by atoms with E-state index >= 15 is 0 Å². The summed E-state index contributed by atoms with van der Waals surface area (Å²) in [6, 6.07) is 4.00. The quantitative estimate of drug-likeness (QED) is 0.928. The van der Waals surface area contributed by atoms with Crippen molar-refractivity contribution in [2.45, 2.75) is 25.7 Å². The van der Waals surface area contributed by atoms with Gasteiger partial charge in [0.1, 0.15) is 5.52 Å². The lowest BCUT2D eigenvalue weighted by atomic mass is 9.83. The van der Waals surface area contributed by atoms with E-state index in [0.717, 1.165) is 33.7 Å². The molecule has 1 saturated carbocycles. The second-order valence-electron chi connectivity index (χ2n) is 4.89. The molecule has 0 amide bonds. The lowest BCUT2D eigenvalue weighted by molar-refractivity contribution is 0.303. The fourth-order valence-electron chi connectivity index (χ4n) is 2.34. The number of hydrogen-bond donors (Lipinski definition) is 1. The molecule has 4 heteroatoms. The Hall–Kier alpha value is -1.16. The highest BCUT2D eigenvalue weighted by atomic mass is 79.9. The number of halogens is 1. The summed E-state index contributed by atoms with van der Waals surface area (Å²) in [6.45, 7) is 1.03. The van der Waals surface area contributed by atoms with Gasteiger partial charge in [0.2, 0.25) is 0 Å². The third-order valence-corrected chi connectivity index (χ3v) is 4.07. The van der Waals surface area contributed by atoms with E-state index in [0.29, 0.717) is 0 Å². The molecule has 0 spiro atoms. The first-order valence-corrected chi connectivity index (χ1v) is 7.26. The molecule has 0 radical (unpaired) electrons. The number of rotatable bonds is 4. The Kier molecular flexibility index (Phi) is 3.46. The van der Waals surface area contributed by atoms with Gasteiger partial charge >= 0.3 is 0 Å². The first kappa shape index (κ1) is 11.9. The van der Waals surface area contributed by atoms with Crippen LogP contribution in [0.2, 0.25) is 0 Å². The number of pyridine rings is 2. The summed E-state index contributed by atoms with van der Waals surface area (Å²) < 4.78 is 0.967. The highest BCUT2D eigenvalue weighted by Crippen LogP contribution is 2.29. The summed E-state index contributed by atoms with van der Waals surface area (Å²) in [5.74, 6) is 0.938. The van der Waals surface area contributed by atoms with Crippen molar-refractivity contribution in [3.05, 3.63) is 29.0 Å². The van der Waals surface area contributed by atoms with Crippen LogP contribution in [0.15, 0.2) is 29.0 Å². The molecule has 3 rings (SSSR count). The molecular weight excluding hydrogens is 290 g/mol. The van der Waals surface area contributed by atoms with Crippen LogP contribution < -0.4 is 5.32 Å². The number of nitrogens with zero attached hydrogens (tertiary/aromatic N) is 2. The second kappa shape index (κ2) is 5.22. The largest absolute Gasteiger partial charge is 0.383 e. The first-order valence-electron chi connectivity index (χ1n) is 6.47. The lowest BCUT2D eigenvalue weighted by Gasteiger charge is -2.25. The van der Waals surface area contributed by atoms with Crippen molar-refractivity contribution in [1.29, 1.82) is 0 Å². The fourth-order valence-corrected chi connectivity index (χ4v) is 2.66. The van der Waals surface area contributed by atoms with Crippen molar-refractivity contribution >= 4 is 32.7 Å². The van der Waals surface area contributed by atoms with E-state index in [2.05, 4.69) is 31.2 Å². The van der Waals surface area contributed by atoms with Crippen LogP contribution in [0.1, 0.15) is 25.7 Å². The van der Waals surface area contributed by atoms with E-state index in [-0.39, 0.29) is 0 Å². The molecule has 0 saturated heterocycles. The zero-order chi connectivity index (χ0) is 12.4. The predicted molar refractivity (Wildman–Crippen MR) is 77.7 cm³/mol. The summed E-state index contributed by atoms with van der Waals surface area (Å²) in [7, 11) is 0. The molecule has 0 aliphatic heterocycles. The molecule has 0 atom stereocenters. The maximum Gasteiger partial charge on any atom is 0.112 e. The summed E-state index contributed by atoms with van der Waals surface area (Å²) >= 11 is 3.42. The summed E-state index contributed by atoms with van der Waals surface area (Å²) in [4.78, 5) is 8.78. The number of nitrogens with one attached hydrogen (secondary N) is 1. The number of anilines is 1. The Bertz CT molecular complexity index is 552. The third-order valence-electron chi connectivity index (χ3n) is 3.64. The van der Waals surface area contributed by atoms with Gasteiger partial charge in [0.25, 0.3) is 0 Å². The Morgan fingerprint density at radius 1 is 1.33 bits per heavy atom. The maximum absolute atomic E-state index is 4.44. The monoisotopic (exact) mass is 305 g/mol. The van der Waals surface area contributed by atoms with Gasteiger partial charge in [-0.05, 0) is 40.4 Å². The highest BCUT2D eigenvalue weighted by Gasteiger charge is 2.16. The van der Waals surface area contributed by atoms with E-state index in [1.165, 1.54) is 25.7 Å². The molecule has 0 unspecified atom stereocenters. The Morgan fingerprint density at radius 2 is 2.22 bits per heavy atom. The molecule has 2 aromatic heterocycles.